The highest BCUT2D eigenvalue weighted by Gasteiger charge is 2.28. The van der Waals surface area contributed by atoms with Crippen LogP contribution in [0.2, 0.25) is 0 Å². The summed E-state index contributed by atoms with van der Waals surface area (Å²) in [5.74, 6) is -1.01. The Bertz CT molecular complexity index is 917. The lowest BCUT2D eigenvalue weighted by molar-refractivity contribution is -0.129. The summed E-state index contributed by atoms with van der Waals surface area (Å²) >= 11 is 0. The van der Waals surface area contributed by atoms with Crippen molar-refractivity contribution in [3.63, 3.8) is 0 Å². The average molecular weight is 385 g/mol. The SMILES string of the molecule is CCCCCCn1nc(C(=O)O[C@H](C)C(=O)NC2CC2)c2ccccc2c1=O. The second kappa shape index (κ2) is 8.99. The number of fused-ring (bicyclic) bond motifs is 1. The second-order valence-electron chi connectivity index (χ2n) is 7.31. The lowest BCUT2D eigenvalue weighted by Crippen LogP contribution is -2.37. The Hall–Kier alpha value is -2.70. The van der Waals surface area contributed by atoms with Gasteiger partial charge in [-0.15, -0.1) is 0 Å². The van der Waals surface area contributed by atoms with Crippen molar-refractivity contribution >= 4 is 22.6 Å². The Morgan fingerprint density at radius 3 is 2.61 bits per heavy atom. The van der Waals surface area contributed by atoms with E-state index in [-0.39, 0.29) is 23.2 Å². The molecular weight excluding hydrogens is 358 g/mol. The minimum atomic E-state index is -0.918. The topological polar surface area (TPSA) is 90.3 Å². The monoisotopic (exact) mass is 385 g/mol. The van der Waals surface area contributed by atoms with Crippen LogP contribution in [0, 0.1) is 0 Å². The molecule has 1 N–H and O–H groups in total. The molecule has 1 aromatic heterocycles. The van der Waals surface area contributed by atoms with Gasteiger partial charge in [0.05, 0.1) is 5.39 Å². The van der Waals surface area contributed by atoms with Gasteiger partial charge in [-0.25, -0.2) is 9.48 Å². The second-order valence-corrected chi connectivity index (χ2v) is 7.31. The lowest BCUT2D eigenvalue weighted by atomic mass is 10.1. The molecule has 1 saturated carbocycles. The van der Waals surface area contributed by atoms with Crippen LogP contribution in [0.25, 0.3) is 10.8 Å². The van der Waals surface area contributed by atoms with Gasteiger partial charge in [-0.2, -0.15) is 5.10 Å². The highest BCUT2D eigenvalue weighted by molar-refractivity contribution is 6.02. The predicted octanol–water partition coefficient (Wildman–Crippen LogP) is 2.80. The summed E-state index contributed by atoms with van der Waals surface area (Å²) in [6.45, 7) is 4.11. The van der Waals surface area contributed by atoms with Gasteiger partial charge >= 0.3 is 5.97 Å². The third-order valence-electron chi connectivity index (χ3n) is 4.86. The van der Waals surface area contributed by atoms with E-state index in [4.69, 9.17) is 4.74 Å². The predicted molar refractivity (Wildman–Crippen MR) is 106 cm³/mol. The molecule has 0 radical (unpaired) electrons. The number of hydrogen-bond donors (Lipinski definition) is 1. The number of carbonyl (C=O) groups is 2. The number of hydrogen-bond acceptors (Lipinski definition) is 5. The Morgan fingerprint density at radius 1 is 1.21 bits per heavy atom. The molecule has 1 aliphatic carbocycles. The Balaban J connectivity index is 1.83. The van der Waals surface area contributed by atoms with Crippen LogP contribution >= 0.6 is 0 Å². The number of rotatable bonds is 9. The zero-order valence-electron chi connectivity index (χ0n) is 16.4. The molecular formula is C21H27N3O4. The van der Waals surface area contributed by atoms with Gasteiger partial charge in [0.25, 0.3) is 11.5 Å². The molecule has 0 saturated heterocycles. The lowest BCUT2D eigenvalue weighted by Gasteiger charge is -2.15. The van der Waals surface area contributed by atoms with E-state index in [1.165, 1.54) is 4.68 Å². The molecule has 0 aliphatic heterocycles. The maximum Gasteiger partial charge on any atom is 0.360 e. The van der Waals surface area contributed by atoms with E-state index in [0.29, 0.717) is 17.3 Å². The van der Waals surface area contributed by atoms with E-state index < -0.39 is 12.1 Å². The molecule has 1 fully saturated rings. The van der Waals surface area contributed by atoms with Crippen LogP contribution < -0.4 is 10.9 Å². The highest BCUT2D eigenvalue weighted by atomic mass is 16.5. The van der Waals surface area contributed by atoms with Crippen LogP contribution in [-0.2, 0) is 16.1 Å². The number of nitrogens with zero attached hydrogens (tertiary/aromatic N) is 2. The van der Waals surface area contributed by atoms with Gasteiger partial charge in [0, 0.05) is 18.0 Å². The summed E-state index contributed by atoms with van der Waals surface area (Å²) in [5.41, 5.74) is -0.153. The van der Waals surface area contributed by atoms with Crippen LogP contribution in [0.1, 0.15) is 62.9 Å². The number of aromatic nitrogens is 2. The summed E-state index contributed by atoms with van der Waals surface area (Å²) in [7, 11) is 0. The Labute approximate surface area is 164 Å². The number of carbonyl (C=O) groups excluding carboxylic acids is 2. The zero-order chi connectivity index (χ0) is 20.1. The van der Waals surface area contributed by atoms with Crippen LogP contribution in [0.3, 0.4) is 0 Å². The van der Waals surface area contributed by atoms with Crippen molar-refractivity contribution in [1.29, 1.82) is 0 Å². The fourth-order valence-corrected chi connectivity index (χ4v) is 3.04. The number of nitrogens with one attached hydrogen (secondary N) is 1. The van der Waals surface area contributed by atoms with Crippen molar-refractivity contribution < 1.29 is 14.3 Å². The number of unbranched alkanes of at least 4 members (excludes halogenated alkanes) is 3. The molecule has 3 rings (SSSR count). The minimum absolute atomic E-state index is 0.0664. The zero-order valence-corrected chi connectivity index (χ0v) is 16.4. The molecule has 7 nitrogen and oxygen atoms in total. The van der Waals surface area contributed by atoms with Gasteiger partial charge in [0.15, 0.2) is 11.8 Å². The highest BCUT2D eigenvalue weighted by Crippen LogP contribution is 2.19. The molecule has 1 aromatic carbocycles. The molecule has 7 heteroatoms. The van der Waals surface area contributed by atoms with E-state index in [1.807, 2.05) is 0 Å². The van der Waals surface area contributed by atoms with Gasteiger partial charge in [-0.3, -0.25) is 9.59 Å². The van der Waals surface area contributed by atoms with Crippen molar-refractivity contribution in [1.82, 2.24) is 15.1 Å². The smallest absolute Gasteiger partial charge is 0.360 e. The van der Waals surface area contributed by atoms with Crippen molar-refractivity contribution in [3.05, 3.63) is 40.3 Å². The molecule has 28 heavy (non-hydrogen) atoms. The number of amides is 1. The summed E-state index contributed by atoms with van der Waals surface area (Å²) < 4.78 is 6.68. The Kier molecular flexibility index (Phi) is 6.44. The third-order valence-corrected chi connectivity index (χ3v) is 4.86. The number of ether oxygens (including phenoxy) is 1. The first-order valence-corrected chi connectivity index (χ1v) is 10.0. The van der Waals surface area contributed by atoms with E-state index in [1.54, 1.807) is 31.2 Å². The summed E-state index contributed by atoms with van der Waals surface area (Å²) in [4.78, 5) is 37.5. The number of esters is 1. The number of benzene rings is 1. The van der Waals surface area contributed by atoms with Crippen LogP contribution in [0.4, 0.5) is 0 Å². The fraction of sp³-hybridized carbons (Fsp3) is 0.524. The van der Waals surface area contributed by atoms with Gasteiger partial charge in [-0.05, 0) is 32.3 Å². The summed E-state index contributed by atoms with van der Waals surface area (Å²) in [6.07, 6.45) is 4.99. The van der Waals surface area contributed by atoms with E-state index >= 15 is 0 Å². The van der Waals surface area contributed by atoms with Gasteiger partial charge in [0.1, 0.15) is 0 Å². The normalized spacial score (nSPS) is 14.6. The van der Waals surface area contributed by atoms with Crippen LogP contribution in [0.15, 0.2) is 29.1 Å². The van der Waals surface area contributed by atoms with E-state index in [2.05, 4.69) is 17.3 Å². The van der Waals surface area contributed by atoms with Gasteiger partial charge in [0.2, 0.25) is 0 Å². The fourth-order valence-electron chi connectivity index (χ4n) is 3.04. The van der Waals surface area contributed by atoms with Crippen molar-refractivity contribution in [2.45, 2.75) is 71.1 Å². The van der Waals surface area contributed by atoms with Gasteiger partial charge < -0.3 is 10.1 Å². The van der Waals surface area contributed by atoms with Crippen LogP contribution in [-0.4, -0.2) is 33.8 Å². The standard InChI is InChI=1S/C21H27N3O4/c1-3-4-5-8-13-24-20(26)17-10-7-6-9-16(17)18(23-24)21(27)28-14(2)19(25)22-15-11-12-15/h6-7,9-10,14-15H,3-5,8,11-13H2,1-2H3,(H,22,25)/t14-/m1/s1. The van der Waals surface area contributed by atoms with Crippen molar-refractivity contribution in [2.24, 2.45) is 0 Å². The Morgan fingerprint density at radius 2 is 1.93 bits per heavy atom. The molecule has 150 valence electrons. The first-order valence-electron chi connectivity index (χ1n) is 10.0. The number of aryl methyl sites for hydroxylation is 1. The van der Waals surface area contributed by atoms with Crippen molar-refractivity contribution in [3.8, 4) is 0 Å². The molecule has 0 spiro atoms. The summed E-state index contributed by atoms with van der Waals surface area (Å²) in [5, 5.41) is 7.97. The molecule has 1 atom stereocenters. The largest absolute Gasteiger partial charge is 0.448 e. The van der Waals surface area contributed by atoms with Crippen LogP contribution in [0.5, 0.6) is 0 Å². The third kappa shape index (κ3) is 4.77. The molecule has 2 aromatic rings. The molecule has 0 bridgehead atoms. The molecule has 0 unspecified atom stereocenters. The first-order chi connectivity index (χ1) is 13.5. The molecule has 1 heterocycles. The van der Waals surface area contributed by atoms with Crippen molar-refractivity contribution in [2.75, 3.05) is 0 Å². The first kappa shape index (κ1) is 20.0. The maximum absolute atomic E-state index is 12.7. The molecule has 1 amide bonds. The molecule has 1 aliphatic rings. The average Bonchev–Trinajstić information content (AvgIpc) is 3.50. The van der Waals surface area contributed by atoms with Gasteiger partial charge in [-0.1, -0.05) is 44.4 Å². The summed E-state index contributed by atoms with van der Waals surface area (Å²) in [6, 6.07) is 7.05. The quantitative estimate of drug-likeness (QED) is 0.529. The minimum Gasteiger partial charge on any atom is -0.448 e. The van der Waals surface area contributed by atoms with E-state index in [9.17, 15) is 14.4 Å². The van der Waals surface area contributed by atoms with E-state index in [0.717, 1.165) is 38.5 Å². The maximum atomic E-state index is 12.7.